The zero-order valence-corrected chi connectivity index (χ0v) is 16.2. The number of hydrogen-bond donors (Lipinski definition) is 0. The van der Waals surface area contributed by atoms with Crippen molar-refractivity contribution >= 4 is 24.1 Å². The monoisotopic (exact) mass is 354 g/mol. The SMILES string of the molecule is CCCCN1C[Si](C)(C)CN(S(=O)(=O)c2ccc(C)cc2)C1=O. The zero-order chi connectivity index (χ0) is 17.3. The Kier molecular flexibility index (Phi) is 5.20. The van der Waals surface area contributed by atoms with E-state index in [1.54, 1.807) is 29.2 Å². The van der Waals surface area contributed by atoms with Crippen LogP contribution in [0.25, 0.3) is 0 Å². The summed E-state index contributed by atoms with van der Waals surface area (Å²) in [5.41, 5.74) is 0.994. The van der Waals surface area contributed by atoms with Gasteiger partial charge in [-0.1, -0.05) is 44.1 Å². The molecule has 2 rings (SSSR count). The lowest BCUT2D eigenvalue weighted by molar-refractivity contribution is 0.181. The predicted octanol–water partition coefficient (Wildman–Crippen LogP) is 3.01. The number of unbranched alkanes of at least 4 members (excludes halogenated alkanes) is 1. The van der Waals surface area contributed by atoms with Crippen LogP contribution in [0.3, 0.4) is 0 Å². The molecule has 0 unspecified atom stereocenters. The smallest absolute Gasteiger partial charge is 0.327 e. The Labute approximate surface area is 140 Å². The summed E-state index contributed by atoms with van der Waals surface area (Å²) in [4.78, 5) is 14.6. The molecular weight excluding hydrogens is 328 g/mol. The molecule has 0 atom stereocenters. The van der Waals surface area contributed by atoms with Crippen LogP contribution in [0.4, 0.5) is 4.79 Å². The quantitative estimate of drug-likeness (QED) is 0.764. The van der Waals surface area contributed by atoms with Gasteiger partial charge in [0.1, 0.15) is 0 Å². The number of nitrogens with zero attached hydrogens (tertiary/aromatic N) is 2. The molecule has 23 heavy (non-hydrogen) atoms. The van der Waals surface area contributed by atoms with Gasteiger partial charge in [-0.3, -0.25) is 0 Å². The Morgan fingerprint density at radius 2 is 1.74 bits per heavy atom. The van der Waals surface area contributed by atoms with Crippen molar-refractivity contribution in [2.24, 2.45) is 0 Å². The minimum Gasteiger partial charge on any atom is -0.327 e. The summed E-state index contributed by atoms with van der Waals surface area (Å²) in [7, 11) is -5.59. The highest BCUT2D eigenvalue weighted by atomic mass is 32.2. The third-order valence-electron chi connectivity index (χ3n) is 4.06. The third-order valence-corrected chi connectivity index (χ3v) is 8.44. The highest BCUT2D eigenvalue weighted by molar-refractivity contribution is 7.89. The van der Waals surface area contributed by atoms with E-state index in [0.29, 0.717) is 12.7 Å². The predicted molar refractivity (Wildman–Crippen MR) is 94.4 cm³/mol. The van der Waals surface area contributed by atoms with Crippen LogP contribution in [0.1, 0.15) is 25.3 Å². The zero-order valence-electron chi connectivity index (χ0n) is 14.4. The van der Waals surface area contributed by atoms with Crippen molar-refractivity contribution in [2.45, 2.75) is 44.7 Å². The standard InChI is InChI=1S/C16H26N2O3SSi/c1-5-6-11-17-12-23(3,4)13-18(16(17)19)22(20,21)15-9-7-14(2)8-10-15/h7-10H,5-6,11-13H2,1-4H3. The highest BCUT2D eigenvalue weighted by Crippen LogP contribution is 2.25. The largest absolute Gasteiger partial charge is 0.333 e. The molecule has 1 aromatic rings. The van der Waals surface area contributed by atoms with E-state index in [9.17, 15) is 13.2 Å². The van der Waals surface area contributed by atoms with Gasteiger partial charge in [-0.15, -0.1) is 0 Å². The van der Waals surface area contributed by atoms with Crippen LogP contribution in [-0.4, -0.2) is 50.6 Å². The van der Waals surface area contributed by atoms with Crippen LogP contribution in [0.5, 0.6) is 0 Å². The molecule has 1 fully saturated rings. The third kappa shape index (κ3) is 3.95. The second-order valence-electron chi connectivity index (χ2n) is 7.05. The van der Waals surface area contributed by atoms with Crippen molar-refractivity contribution in [2.75, 3.05) is 18.9 Å². The maximum Gasteiger partial charge on any atom is 0.333 e. The lowest BCUT2D eigenvalue weighted by Gasteiger charge is -2.42. The van der Waals surface area contributed by atoms with Crippen molar-refractivity contribution in [1.29, 1.82) is 0 Å². The fraction of sp³-hybridized carbons (Fsp3) is 0.562. The Morgan fingerprint density at radius 1 is 1.13 bits per heavy atom. The van der Waals surface area contributed by atoms with Crippen LogP contribution in [0.15, 0.2) is 29.2 Å². The molecule has 0 bridgehead atoms. The number of carbonyl (C=O) groups excluding carboxylic acids is 1. The van der Waals surface area contributed by atoms with E-state index < -0.39 is 18.1 Å². The van der Waals surface area contributed by atoms with Gasteiger partial charge in [-0.2, -0.15) is 0 Å². The summed E-state index contributed by atoms with van der Waals surface area (Å²) in [6.45, 7) is 8.88. The molecule has 5 nitrogen and oxygen atoms in total. The number of aryl methyl sites for hydroxylation is 1. The van der Waals surface area contributed by atoms with Gasteiger partial charge in [0.25, 0.3) is 10.0 Å². The molecule has 0 spiro atoms. The summed E-state index contributed by atoms with van der Waals surface area (Å²) in [5.74, 6) is 0. The molecule has 7 heteroatoms. The van der Waals surface area contributed by atoms with Crippen molar-refractivity contribution in [3.05, 3.63) is 29.8 Å². The maximum absolute atomic E-state index is 12.9. The van der Waals surface area contributed by atoms with Gasteiger partial charge in [0.15, 0.2) is 0 Å². The first-order valence-corrected chi connectivity index (χ1v) is 12.9. The molecule has 1 aliphatic heterocycles. The molecule has 0 aliphatic carbocycles. The van der Waals surface area contributed by atoms with Gasteiger partial charge >= 0.3 is 6.03 Å². The van der Waals surface area contributed by atoms with Gasteiger partial charge in [0.05, 0.1) is 13.0 Å². The van der Waals surface area contributed by atoms with Gasteiger partial charge in [-0.05, 0) is 25.5 Å². The van der Waals surface area contributed by atoms with E-state index in [1.165, 1.54) is 0 Å². The van der Waals surface area contributed by atoms with Gasteiger partial charge in [0, 0.05) is 18.9 Å². The van der Waals surface area contributed by atoms with E-state index >= 15 is 0 Å². The number of rotatable bonds is 5. The molecule has 1 aromatic carbocycles. The van der Waals surface area contributed by atoms with Crippen LogP contribution >= 0.6 is 0 Å². The van der Waals surface area contributed by atoms with E-state index in [1.807, 2.05) is 6.92 Å². The fourth-order valence-corrected chi connectivity index (χ4v) is 7.92. The second kappa shape index (κ2) is 6.65. The summed E-state index contributed by atoms with van der Waals surface area (Å²) >= 11 is 0. The number of sulfonamides is 1. The molecule has 1 saturated heterocycles. The summed E-state index contributed by atoms with van der Waals surface area (Å²) in [6.07, 6.45) is 2.96. The molecular formula is C16H26N2O3SSi. The maximum atomic E-state index is 12.9. The van der Waals surface area contributed by atoms with Crippen molar-refractivity contribution in [3.8, 4) is 0 Å². The number of hydrogen-bond acceptors (Lipinski definition) is 3. The topological polar surface area (TPSA) is 57.7 Å². The van der Waals surface area contributed by atoms with Gasteiger partial charge in [0.2, 0.25) is 0 Å². The second-order valence-corrected chi connectivity index (χ2v) is 13.9. The molecule has 0 N–H and O–H groups in total. The molecule has 128 valence electrons. The lowest BCUT2D eigenvalue weighted by Crippen LogP contribution is -2.63. The molecule has 0 saturated carbocycles. The molecule has 2 amide bonds. The summed E-state index contributed by atoms with van der Waals surface area (Å²) in [5, 5.41) is 0. The number of urea groups is 1. The van der Waals surface area contributed by atoms with Gasteiger partial charge < -0.3 is 4.90 Å². The van der Waals surface area contributed by atoms with E-state index in [-0.39, 0.29) is 10.9 Å². The first-order chi connectivity index (χ1) is 10.7. The number of benzene rings is 1. The van der Waals surface area contributed by atoms with Crippen LogP contribution in [0, 0.1) is 6.92 Å². The normalized spacial score (nSPS) is 18.3. The summed E-state index contributed by atoms with van der Waals surface area (Å²) in [6, 6.07) is 6.32. The molecule has 1 aliphatic rings. The van der Waals surface area contributed by atoms with Crippen molar-refractivity contribution in [3.63, 3.8) is 0 Å². The van der Waals surface area contributed by atoms with Crippen LogP contribution in [-0.2, 0) is 10.0 Å². The molecule has 0 aromatic heterocycles. The molecule has 0 radical (unpaired) electrons. The average Bonchev–Trinajstić information content (AvgIpc) is 2.48. The van der Waals surface area contributed by atoms with Crippen LogP contribution < -0.4 is 0 Å². The number of amides is 2. The Balaban J connectivity index is 2.35. The van der Waals surface area contributed by atoms with Crippen molar-refractivity contribution in [1.82, 2.24) is 9.21 Å². The highest BCUT2D eigenvalue weighted by Gasteiger charge is 2.43. The Hall–Kier alpha value is -1.34. The van der Waals surface area contributed by atoms with E-state index in [0.717, 1.165) is 28.9 Å². The average molecular weight is 355 g/mol. The van der Waals surface area contributed by atoms with E-state index in [2.05, 4.69) is 20.0 Å². The molecule has 1 heterocycles. The van der Waals surface area contributed by atoms with E-state index in [4.69, 9.17) is 0 Å². The Morgan fingerprint density at radius 3 is 2.30 bits per heavy atom. The first-order valence-electron chi connectivity index (χ1n) is 8.06. The van der Waals surface area contributed by atoms with Gasteiger partial charge in [-0.25, -0.2) is 17.5 Å². The number of carbonyl (C=O) groups is 1. The first kappa shape index (κ1) is 18.0. The minimum absolute atomic E-state index is 0.193. The lowest BCUT2D eigenvalue weighted by atomic mass is 10.2. The van der Waals surface area contributed by atoms with Crippen molar-refractivity contribution < 1.29 is 13.2 Å². The summed E-state index contributed by atoms with van der Waals surface area (Å²) < 4.78 is 26.9. The minimum atomic E-state index is -3.78. The van der Waals surface area contributed by atoms with Crippen LogP contribution in [0.2, 0.25) is 13.1 Å². The fourth-order valence-electron chi connectivity index (χ4n) is 2.80. The Bertz CT molecular complexity index is 671.